The summed E-state index contributed by atoms with van der Waals surface area (Å²) in [5.74, 6) is -1.31. The molecule has 0 amide bonds. The number of ether oxygens (including phenoxy) is 4. The normalized spacial score (nSPS) is 21.9. The Balaban J connectivity index is 2.76. The number of carbonyl (C=O) groups is 2. The van der Waals surface area contributed by atoms with Gasteiger partial charge in [0.25, 0.3) is 0 Å². The maximum Gasteiger partial charge on any atom is 0.350 e. The SMILES string of the molecule is CC/C=C\C/C=C\C/C=C\CCCCCCCC(=O)OC(C(=O)OCCC)C(CCCCC/C=C\C/C=C\C/C=C\CC)O[C@H]1O[C@H](CO)[C@H](O)[C@H](O)[C@H]1O. The summed E-state index contributed by atoms with van der Waals surface area (Å²) in [5, 5.41) is 41.1. The number of rotatable bonds is 32. The minimum absolute atomic E-state index is 0.124. The average Bonchev–Trinajstić information content (AvgIpc) is 3.18. The summed E-state index contributed by atoms with van der Waals surface area (Å²) in [5.41, 5.74) is 0. The van der Waals surface area contributed by atoms with Crippen LogP contribution in [0.1, 0.15) is 143 Å². The summed E-state index contributed by atoms with van der Waals surface area (Å²) < 4.78 is 22.9. The highest BCUT2D eigenvalue weighted by molar-refractivity contribution is 5.80. The number of unbranched alkanes of at least 4 members (excludes halogenated alkanes) is 8. The fraction of sp³-hybridized carbons (Fsp3) is 0.689. The van der Waals surface area contributed by atoms with E-state index in [4.69, 9.17) is 18.9 Å². The van der Waals surface area contributed by atoms with Gasteiger partial charge in [-0.05, 0) is 83.5 Å². The van der Waals surface area contributed by atoms with Gasteiger partial charge in [-0.2, -0.15) is 0 Å². The van der Waals surface area contributed by atoms with Crippen LogP contribution in [0.5, 0.6) is 0 Å². The molecule has 4 N–H and O–H groups in total. The summed E-state index contributed by atoms with van der Waals surface area (Å²) in [6, 6.07) is 0. The van der Waals surface area contributed by atoms with E-state index in [2.05, 4.69) is 86.8 Å². The zero-order chi connectivity index (χ0) is 40.4. The molecule has 1 aliphatic rings. The van der Waals surface area contributed by atoms with E-state index < -0.39 is 61.5 Å². The summed E-state index contributed by atoms with van der Waals surface area (Å²) in [4.78, 5) is 26.4. The maximum atomic E-state index is 13.3. The maximum absolute atomic E-state index is 13.3. The highest BCUT2D eigenvalue weighted by atomic mass is 16.7. The van der Waals surface area contributed by atoms with Crippen molar-refractivity contribution >= 4 is 11.9 Å². The van der Waals surface area contributed by atoms with E-state index in [0.717, 1.165) is 89.9 Å². The third-order valence-corrected chi connectivity index (χ3v) is 9.11. The predicted molar refractivity (Wildman–Crippen MR) is 219 cm³/mol. The first-order valence-corrected chi connectivity index (χ1v) is 21.0. The number of aliphatic hydroxyl groups is 4. The number of hydrogen-bond donors (Lipinski definition) is 4. The lowest BCUT2D eigenvalue weighted by Crippen LogP contribution is -2.60. The smallest absolute Gasteiger partial charge is 0.350 e. The van der Waals surface area contributed by atoms with Gasteiger partial charge in [0.15, 0.2) is 6.29 Å². The molecule has 0 aromatic rings. The third kappa shape index (κ3) is 24.4. The van der Waals surface area contributed by atoms with Gasteiger partial charge in [-0.1, -0.05) is 126 Å². The zero-order valence-corrected chi connectivity index (χ0v) is 34.1. The van der Waals surface area contributed by atoms with E-state index in [1.54, 1.807) is 0 Å². The molecule has 0 radical (unpaired) electrons. The molecule has 0 spiro atoms. The summed E-state index contributed by atoms with van der Waals surface area (Å²) in [6.07, 6.45) is 31.5. The molecule has 1 saturated heterocycles. The highest BCUT2D eigenvalue weighted by Gasteiger charge is 2.46. The van der Waals surface area contributed by atoms with Gasteiger partial charge >= 0.3 is 11.9 Å². The van der Waals surface area contributed by atoms with Crippen LogP contribution in [0.3, 0.4) is 0 Å². The first-order valence-electron chi connectivity index (χ1n) is 21.0. The Morgan fingerprint density at radius 3 is 1.69 bits per heavy atom. The number of esters is 2. The van der Waals surface area contributed by atoms with E-state index in [-0.39, 0.29) is 19.4 Å². The summed E-state index contributed by atoms with van der Waals surface area (Å²) in [6.45, 7) is 5.60. The minimum atomic E-state index is -1.67. The molecular formula is C45H74O10. The van der Waals surface area contributed by atoms with Gasteiger partial charge in [-0.25, -0.2) is 4.79 Å². The van der Waals surface area contributed by atoms with Crippen molar-refractivity contribution in [2.75, 3.05) is 13.2 Å². The lowest BCUT2D eigenvalue weighted by molar-refractivity contribution is -0.317. The Labute approximate surface area is 332 Å². The lowest BCUT2D eigenvalue weighted by atomic mass is 9.98. The van der Waals surface area contributed by atoms with Crippen molar-refractivity contribution in [3.05, 3.63) is 72.9 Å². The van der Waals surface area contributed by atoms with Crippen LogP contribution in [0.4, 0.5) is 0 Å². The van der Waals surface area contributed by atoms with Crippen LogP contribution in [0.2, 0.25) is 0 Å². The fourth-order valence-corrected chi connectivity index (χ4v) is 5.90. The Hall–Kier alpha value is -2.86. The van der Waals surface area contributed by atoms with Crippen LogP contribution in [0.15, 0.2) is 72.9 Å². The van der Waals surface area contributed by atoms with Gasteiger partial charge in [-0.15, -0.1) is 0 Å². The van der Waals surface area contributed by atoms with Crippen molar-refractivity contribution in [1.82, 2.24) is 0 Å². The van der Waals surface area contributed by atoms with Crippen LogP contribution in [0.25, 0.3) is 0 Å². The second-order valence-electron chi connectivity index (χ2n) is 14.0. The minimum Gasteiger partial charge on any atom is -0.463 e. The first kappa shape index (κ1) is 50.2. The third-order valence-electron chi connectivity index (χ3n) is 9.11. The quantitative estimate of drug-likeness (QED) is 0.0298. The molecule has 314 valence electrons. The van der Waals surface area contributed by atoms with Crippen LogP contribution >= 0.6 is 0 Å². The zero-order valence-electron chi connectivity index (χ0n) is 34.1. The Morgan fingerprint density at radius 1 is 0.636 bits per heavy atom. The van der Waals surface area contributed by atoms with E-state index >= 15 is 0 Å². The molecule has 1 heterocycles. The van der Waals surface area contributed by atoms with Crippen molar-refractivity contribution in [2.45, 2.75) is 186 Å². The molecule has 0 aliphatic carbocycles. The molecule has 0 saturated carbocycles. The second kappa shape index (κ2) is 34.4. The van der Waals surface area contributed by atoms with Crippen molar-refractivity contribution in [2.24, 2.45) is 0 Å². The predicted octanol–water partition coefficient (Wildman–Crippen LogP) is 8.44. The largest absolute Gasteiger partial charge is 0.463 e. The molecular weight excluding hydrogens is 700 g/mol. The van der Waals surface area contributed by atoms with Crippen LogP contribution < -0.4 is 0 Å². The Bertz CT molecular complexity index is 1140. The average molecular weight is 775 g/mol. The van der Waals surface area contributed by atoms with Gasteiger partial charge in [0.2, 0.25) is 6.10 Å². The van der Waals surface area contributed by atoms with Gasteiger partial charge in [0.1, 0.15) is 30.5 Å². The molecule has 1 fully saturated rings. The van der Waals surface area contributed by atoms with Crippen molar-refractivity contribution in [3.63, 3.8) is 0 Å². The number of hydrogen-bond acceptors (Lipinski definition) is 10. The van der Waals surface area contributed by atoms with E-state index in [0.29, 0.717) is 19.3 Å². The number of allylic oxidation sites excluding steroid dienone is 12. The summed E-state index contributed by atoms with van der Waals surface area (Å²) in [7, 11) is 0. The molecule has 0 bridgehead atoms. The molecule has 0 aromatic heterocycles. The van der Waals surface area contributed by atoms with Crippen molar-refractivity contribution < 1.29 is 49.0 Å². The standard InChI is InChI=1S/C45H74O10/c1-4-7-9-11-13-15-17-19-20-22-24-26-28-30-32-34-39(47)55-43(44(51)52-35-6-3)37(53-45-42(50)41(49)40(48)38(36-46)54-45)33-31-29-27-25-23-21-18-16-14-12-10-8-5-2/h7-10,13-16,19-21,23,37-38,40-43,45-46,48-50H,4-6,11-12,17-18,22,24-36H2,1-3H3/b9-7-,10-8-,15-13-,16-14-,20-19-,23-21-/t37?,38-,40+,41+,42-,43?,45+/m1/s1. The molecule has 10 heteroatoms. The van der Waals surface area contributed by atoms with E-state index in [1.807, 2.05) is 6.92 Å². The van der Waals surface area contributed by atoms with Gasteiger partial charge in [-0.3, -0.25) is 4.79 Å². The molecule has 1 rings (SSSR count). The number of carbonyl (C=O) groups excluding carboxylic acids is 2. The number of aliphatic hydroxyl groups excluding tert-OH is 4. The molecule has 2 unspecified atom stereocenters. The molecule has 1 aliphatic heterocycles. The second-order valence-corrected chi connectivity index (χ2v) is 14.0. The van der Waals surface area contributed by atoms with Crippen LogP contribution in [-0.4, -0.2) is 88.5 Å². The fourth-order valence-electron chi connectivity index (χ4n) is 5.90. The lowest BCUT2D eigenvalue weighted by Gasteiger charge is -2.41. The van der Waals surface area contributed by atoms with Crippen molar-refractivity contribution in [3.8, 4) is 0 Å². The topological polar surface area (TPSA) is 152 Å². The van der Waals surface area contributed by atoms with Crippen LogP contribution in [0, 0.1) is 0 Å². The molecule has 7 atom stereocenters. The van der Waals surface area contributed by atoms with Gasteiger partial charge in [0.05, 0.1) is 13.2 Å². The van der Waals surface area contributed by atoms with Gasteiger partial charge < -0.3 is 39.4 Å². The van der Waals surface area contributed by atoms with Crippen molar-refractivity contribution in [1.29, 1.82) is 0 Å². The molecule has 10 nitrogen and oxygen atoms in total. The van der Waals surface area contributed by atoms with E-state index in [1.165, 1.54) is 0 Å². The monoisotopic (exact) mass is 775 g/mol. The molecule has 55 heavy (non-hydrogen) atoms. The highest BCUT2D eigenvalue weighted by Crippen LogP contribution is 2.27. The van der Waals surface area contributed by atoms with Gasteiger partial charge in [0, 0.05) is 6.42 Å². The molecule has 0 aromatic carbocycles. The van der Waals surface area contributed by atoms with Crippen LogP contribution in [-0.2, 0) is 28.5 Å². The summed E-state index contributed by atoms with van der Waals surface area (Å²) >= 11 is 0. The Morgan fingerprint density at radius 2 is 1.15 bits per heavy atom. The Kier molecular flexibility index (Phi) is 31.4. The van der Waals surface area contributed by atoms with E-state index in [9.17, 15) is 30.0 Å². The first-order chi connectivity index (χ1) is 26.8.